The van der Waals surface area contributed by atoms with Gasteiger partial charge in [0, 0.05) is 25.0 Å². The molecule has 6 heteroatoms. The van der Waals surface area contributed by atoms with Crippen LogP contribution in [0.1, 0.15) is 5.56 Å². The second kappa shape index (κ2) is 6.11. The van der Waals surface area contributed by atoms with Crippen LogP contribution in [0.15, 0.2) is 41.6 Å². The van der Waals surface area contributed by atoms with Gasteiger partial charge >= 0.3 is 0 Å². The molecule has 1 aromatic heterocycles. The van der Waals surface area contributed by atoms with Crippen LogP contribution in [-0.2, 0) is 11.3 Å². The van der Waals surface area contributed by atoms with E-state index in [0.29, 0.717) is 17.3 Å². The van der Waals surface area contributed by atoms with Gasteiger partial charge in [-0.3, -0.25) is 4.79 Å². The molecule has 0 fully saturated rings. The highest BCUT2D eigenvalue weighted by atomic mass is 32.2. The van der Waals surface area contributed by atoms with Gasteiger partial charge in [0.25, 0.3) is 5.91 Å². The maximum atomic E-state index is 11.8. The van der Waals surface area contributed by atoms with Crippen molar-refractivity contribution in [3.63, 3.8) is 0 Å². The molecule has 1 amide bonds. The first-order valence-electron chi connectivity index (χ1n) is 5.36. The summed E-state index contributed by atoms with van der Waals surface area (Å²) in [4.78, 5) is 16.5. The second-order valence-corrected chi connectivity index (χ2v) is 4.38. The minimum atomic E-state index is -0.104. The van der Waals surface area contributed by atoms with Crippen LogP contribution < -0.4 is 14.8 Å². The maximum absolute atomic E-state index is 11.8. The Bertz CT molecular complexity index is 483. The fourth-order valence-electron chi connectivity index (χ4n) is 1.33. The highest BCUT2D eigenvalue weighted by molar-refractivity contribution is 8.02. The lowest BCUT2D eigenvalue weighted by molar-refractivity contribution is -0.116. The van der Waals surface area contributed by atoms with Gasteiger partial charge in [0.15, 0.2) is 0 Å². The molecule has 5 nitrogen and oxygen atoms in total. The largest absolute Gasteiger partial charge is 0.481 e. The molecule has 2 heterocycles. The number of carbonyl (C=O) groups excluding carboxylic acids is 1. The monoisotopic (exact) mass is 263 g/mol. The molecule has 2 N–H and O–H groups in total. The van der Waals surface area contributed by atoms with Crippen molar-refractivity contribution in [1.82, 2.24) is 15.0 Å². The Kier molecular flexibility index (Phi) is 4.25. The number of nitrogens with one attached hydrogen (secondary N) is 2. The molecule has 0 aliphatic carbocycles. The van der Waals surface area contributed by atoms with E-state index in [1.807, 2.05) is 6.07 Å². The molecule has 1 aliphatic heterocycles. The molecule has 0 atom stereocenters. The number of methoxy groups -OCH3 is 1. The minimum Gasteiger partial charge on any atom is -0.481 e. The number of nitrogens with zero attached hydrogens (tertiary/aromatic N) is 1. The molecule has 1 aromatic rings. The molecule has 0 radical (unpaired) electrons. The van der Waals surface area contributed by atoms with Crippen LogP contribution in [0.3, 0.4) is 0 Å². The number of rotatable bonds is 4. The van der Waals surface area contributed by atoms with Crippen LogP contribution in [0, 0.1) is 0 Å². The number of pyridine rings is 1. The maximum Gasteiger partial charge on any atom is 0.259 e. The van der Waals surface area contributed by atoms with Gasteiger partial charge in [0.2, 0.25) is 5.88 Å². The van der Waals surface area contributed by atoms with E-state index in [-0.39, 0.29) is 5.91 Å². The van der Waals surface area contributed by atoms with Crippen LogP contribution in [0.2, 0.25) is 0 Å². The Morgan fingerprint density at radius 1 is 1.56 bits per heavy atom. The van der Waals surface area contributed by atoms with Crippen LogP contribution >= 0.6 is 11.9 Å². The Morgan fingerprint density at radius 3 is 3.06 bits per heavy atom. The summed E-state index contributed by atoms with van der Waals surface area (Å²) in [6, 6.07) is 3.63. The number of hydrogen-bond acceptors (Lipinski definition) is 5. The summed E-state index contributed by atoms with van der Waals surface area (Å²) in [6.07, 6.45) is 7.01. The van der Waals surface area contributed by atoms with E-state index in [0.717, 1.165) is 5.56 Å². The number of amides is 1. The van der Waals surface area contributed by atoms with Gasteiger partial charge < -0.3 is 14.8 Å². The average molecular weight is 263 g/mol. The molecule has 0 saturated heterocycles. The smallest absolute Gasteiger partial charge is 0.259 e. The third kappa shape index (κ3) is 3.27. The molecule has 0 unspecified atom stereocenters. The zero-order chi connectivity index (χ0) is 12.8. The van der Waals surface area contributed by atoms with E-state index in [1.54, 1.807) is 37.7 Å². The van der Waals surface area contributed by atoms with Gasteiger partial charge in [-0.25, -0.2) is 4.98 Å². The third-order valence-electron chi connectivity index (χ3n) is 2.26. The normalized spacial score (nSPS) is 13.5. The lowest BCUT2D eigenvalue weighted by Gasteiger charge is -2.10. The number of carbonyl (C=O) groups is 1. The molecule has 0 bridgehead atoms. The second-order valence-electron chi connectivity index (χ2n) is 3.50. The highest BCUT2D eigenvalue weighted by Gasteiger charge is 2.10. The molecular formula is C12H13N3O2S. The predicted molar refractivity (Wildman–Crippen MR) is 70.6 cm³/mol. The quantitative estimate of drug-likeness (QED) is 0.803. The summed E-state index contributed by atoms with van der Waals surface area (Å²) >= 11 is 1.29. The summed E-state index contributed by atoms with van der Waals surface area (Å²) < 4.78 is 7.87. The molecule has 0 aromatic carbocycles. The van der Waals surface area contributed by atoms with Gasteiger partial charge in [-0.1, -0.05) is 6.07 Å². The topological polar surface area (TPSA) is 63.2 Å². The van der Waals surface area contributed by atoms with Crippen molar-refractivity contribution in [3.05, 3.63) is 47.2 Å². The lowest BCUT2D eigenvalue weighted by Crippen LogP contribution is -2.24. The number of hydrogen-bond donors (Lipinski definition) is 2. The van der Waals surface area contributed by atoms with E-state index in [1.165, 1.54) is 11.9 Å². The predicted octanol–water partition coefficient (Wildman–Crippen LogP) is 1.36. The fraction of sp³-hybridized carbons (Fsp3) is 0.167. The van der Waals surface area contributed by atoms with Crippen molar-refractivity contribution >= 4 is 17.9 Å². The highest BCUT2D eigenvalue weighted by Crippen LogP contribution is 2.15. The van der Waals surface area contributed by atoms with E-state index >= 15 is 0 Å². The summed E-state index contributed by atoms with van der Waals surface area (Å²) in [6.45, 7) is 0.442. The van der Waals surface area contributed by atoms with Crippen molar-refractivity contribution in [2.45, 2.75) is 6.54 Å². The van der Waals surface area contributed by atoms with Crippen LogP contribution in [0.5, 0.6) is 5.88 Å². The van der Waals surface area contributed by atoms with Crippen LogP contribution in [0.4, 0.5) is 0 Å². The lowest BCUT2D eigenvalue weighted by atomic mass is 10.3. The van der Waals surface area contributed by atoms with E-state index < -0.39 is 0 Å². The molecule has 0 spiro atoms. The summed E-state index contributed by atoms with van der Waals surface area (Å²) in [7, 11) is 1.57. The molecule has 2 rings (SSSR count). The summed E-state index contributed by atoms with van der Waals surface area (Å²) in [5, 5.41) is 2.82. The van der Waals surface area contributed by atoms with E-state index in [4.69, 9.17) is 4.74 Å². The first-order chi connectivity index (χ1) is 8.79. The Labute approximate surface area is 109 Å². The van der Waals surface area contributed by atoms with E-state index in [9.17, 15) is 4.79 Å². The van der Waals surface area contributed by atoms with Gasteiger partial charge in [-0.05, 0) is 29.7 Å². The Balaban J connectivity index is 1.88. The number of ether oxygens (including phenoxy) is 1. The molecule has 18 heavy (non-hydrogen) atoms. The molecular weight excluding hydrogens is 250 g/mol. The van der Waals surface area contributed by atoms with Crippen LogP contribution in [0.25, 0.3) is 0 Å². The van der Waals surface area contributed by atoms with Gasteiger partial charge in [0.1, 0.15) is 0 Å². The van der Waals surface area contributed by atoms with Crippen molar-refractivity contribution < 1.29 is 9.53 Å². The standard InChI is InChI=1S/C12H13N3O2S/c1-17-11-5-4-9(7-13-11)8-14-12(16)10-3-2-6-15-18-10/h2-7,15H,8H2,1H3,(H,14,16). The third-order valence-corrected chi connectivity index (χ3v) is 3.06. The minimum absolute atomic E-state index is 0.104. The number of aromatic nitrogens is 1. The van der Waals surface area contributed by atoms with Crippen molar-refractivity contribution in [3.8, 4) is 5.88 Å². The van der Waals surface area contributed by atoms with Crippen molar-refractivity contribution in [1.29, 1.82) is 0 Å². The Morgan fingerprint density at radius 2 is 2.44 bits per heavy atom. The zero-order valence-electron chi connectivity index (χ0n) is 9.84. The average Bonchev–Trinajstić information content (AvgIpc) is 2.46. The van der Waals surface area contributed by atoms with Crippen molar-refractivity contribution in [2.75, 3.05) is 7.11 Å². The SMILES string of the molecule is COc1ccc(CNC(=O)C2=CC=CNS2)cn1. The van der Waals surface area contributed by atoms with Gasteiger partial charge in [0.05, 0.1) is 12.0 Å². The number of allylic oxidation sites excluding steroid dienone is 2. The van der Waals surface area contributed by atoms with Gasteiger partial charge in [-0.2, -0.15) is 0 Å². The fourth-order valence-corrected chi connectivity index (χ4v) is 1.92. The molecule has 94 valence electrons. The van der Waals surface area contributed by atoms with E-state index in [2.05, 4.69) is 15.0 Å². The summed E-state index contributed by atoms with van der Waals surface area (Å²) in [5.74, 6) is 0.456. The van der Waals surface area contributed by atoms with Crippen molar-refractivity contribution in [2.24, 2.45) is 0 Å². The Hall–Kier alpha value is -1.95. The first kappa shape index (κ1) is 12.5. The molecule has 1 aliphatic rings. The van der Waals surface area contributed by atoms with Crippen LogP contribution in [-0.4, -0.2) is 18.0 Å². The van der Waals surface area contributed by atoms with Gasteiger partial charge in [-0.15, -0.1) is 0 Å². The first-order valence-corrected chi connectivity index (χ1v) is 6.17. The summed E-state index contributed by atoms with van der Waals surface area (Å²) in [5.41, 5.74) is 0.925. The molecule has 0 saturated carbocycles. The zero-order valence-corrected chi connectivity index (χ0v) is 10.7.